The van der Waals surface area contributed by atoms with Gasteiger partial charge in [-0.05, 0) is 47.5 Å². The van der Waals surface area contributed by atoms with E-state index in [1.807, 2.05) is 18.2 Å². The Kier molecular flexibility index (Phi) is 4.72. The first-order chi connectivity index (χ1) is 11.9. The van der Waals surface area contributed by atoms with Gasteiger partial charge in [0.25, 0.3) is 0 Å². The SMILES string of the molecule is CS(=O)(=O)Nc1ccc(-c2ccc(F)cc2)cc1Oc1ccccc1. The zero-order valence-electron chi connectivity index (χ0n) is 13.4. The Labute approximate surface area is 146 Å². The van der Waals surface area contributed by atoms with E-state index in [4.69, 9.17) is 4.74 Å². The van der Waals surface area contributed by atoms with E-state index in [1.165, 1.54) is 12.1 Å². The average molecular weight is 357 g/mol. The minimum Gasteiger partial charge on any atom is -0.455 e. The van der Waals surface area contributed by atoms with Crippen LogP contribution in [0.4, 0.5) is 10.1 Å². The van der Waals surface area contributed by atoms with Gasteiger partial charge >= 0.3 is 0 Å². The number of halogens is 1. The molecule has 0 aromatic heterocycles. The van der Waals surface area contributed by atoms with Crippen LogP contribution in [0.2, 0.25) is 0 Å². The fourth-order valence-electron chi connectivity index (χ4n) is 2.33. The number of sulfonamides is 1. The maximum atomic E-state index is 13.1. The Hall–Kier alpha value is -2.86. The number of nitrogens with one attached hydrogen (secondary N) is 1. The first-order valence-corrected chi connectivity index (χ1v) is 9.40. The lowest BCUT2D eigenvalue weighted by Crippen LogP contribution is -2.10. The zero-order valence-corrected chi connectivity index (χ0v) is 14.3. The van der Waals surface area contributed by atoms with Crippen molar-refractivity contribution in [3.63, 3.8) is 0 Å². The van der Waals surface area contributed by atoms with E-state index in [9.17, 15) is 12.8 Å². The van der Waals surface area contributed by atoms with Crippen molar-refractivity contribution in [1.29, 1.82) is 0 Å². The molecule has 1 N–H and O–H groups in total. The van der Waals surface area contributed by atoms with Crippen LogP contribution in [0.15, 0.2) is 72.8 Å². The molecule has 0 aliphatic rings. The Morgan fingerprint density at radius 3 is 2.16 bits per heavy atom. The van der Waals surface area contributed by atoms with E-state index in [-0.39, 0.29) is 5.82 Å². The summed E-state index contributed by atoms with van der Waals surface area (Å²) < 4.78 is 44.6. The zero-order chi connectivity index (χ0) is 17.9. The number of benzene rings is 3. The normalized spacial score (nSPS) is 11.1. The summed E-state index contributed by atoms with van der Waals surface area (Å²) in [6.07, 6.45) is 1.08. The lowest BCUT2D eigenvalue weighted by atomic mass is 10.0. The third-order valence-corrected chi connectivity index (χ3v) is 4.02. The van der Waals surface area contributed by atoms with Crippen LogP contribution in [0, 0.1) is 5.82 Å². The van der Waals surface area contributed by atoms with Crippen molar-refractivity contribution in [2.75, 3.05) is 11.0 Å². The molecule has 0 saturated heterocycles. The molecule has 0 aliphatic heterocycles. The molecular formula is C19H16FNO3S. The number of anilines is 1. The molecule has 0 amide bonds. The lowest BCUT2D eigenvalue weighted by molar-refractivity contribution is 0.485. The van der Waals surface area contributed by atoms with Crippen molar-refractivity contribution >= 4 is 15.7 Å². The molecule has 0 radical (unpaired) electrons. The fraction of sp³-hybridized carbons (Fsp3) is 0.0526. The molecule has 0 spiro atoms. The molecule has 0 bridgehead atoms. The summed E-state index contributed by atoms with van der Waals surface area (Å²) >= 11 is 0. The third-order valence-electron chi connectivity index (χ3n) is 3.43. The second-order valence-electron chi connectivity index (χ2n) is 5.51. The topological polar surface area (TPSA) is 55.4 Å². The van der Waals surface area contributed by atoms with Crippen molar-refractivity contribution in [3.05, 3.63) is 78.6 Å². The smallest absolute Gasteiger partial charge is 0.229 e. The van der Waals surface area contributed by atoms with E-state index < -0.39 is 10.0 Å². The number of hydrogen-bond acceptors (Lipinski definition) is 3. The van der Waals surface area contributed by atoms with Gasteiger partial charge in [0.1, 0.15) is 11.6 Å². The Bertz CT molecular complexity index is 971. The van der Waals surface area contributed by atoms with E-state index in [1.54, 1.807) is 42.5 Å². The molecule has 0 atom stereocenters. The maximum absolute atomic E-state index is 13.1. The predicted octanol–water partition coefficient (Wildman–Crippen LogP) is 4.66. The first-order valence-electron chi connectivity index (χ1n) is 7.51. The molecule has 3 rings (SSSR count). The van der Waals surface area contributed by atoms with E-state index >= 15 is 0 Å². The highest BCUT2D eigenvalue weighted by Gasteiger charge is 2.12. The molecule has 128 valence electrons. The minimum absolute atomic E-state index is 0.320. The molecule has 0 heterocycles. The second kappa shape index (κ2) is 6.94. The van der Waals surface area contributed by atoms with Crippen LogP contribution in [0.25, 0.3) is 11.1 Å². The van der Waals surface area contributed by atoms with Gasteiger partial charge in [-0.15, -0.1) is 0 Å². The monoisotopic (exact) mass is 357 g/mol. The second-order valence-corrected chi connectivity index (χ2v) is 7.26. The molecule has 0 aliphatic carbocycles. The van der Waals surface area contributed by atoms with Gasteiger partial charge in [-0.25, -0.2) is 12.8 Å². The highest BCUT2D eigenvalue weighted by molar-refractivity contribution is 7.92. The Balaban J connectivity index is 2.03. The molecule has 25 heavy (non-hydrogen) atoms. The summed E-state index contributed by atoms with van der Waals surface area (Å²) in [5.41, 5.74) is 1.91. The predicted molar refractivity (Wildman–Crippen MR) is 96.8 cm³/mol. The summed E-state index contributed by atoms with van der Waals surface area (Å²) in [4.78, 5) is 0. The van der Waals surface area contributed by atoms with Gasteiger partial charge < -0.3 is 4.74 Å². The van der Waals surface area contributed by atoms with Gasteiger partial charge in [0, 0.05) is 0 Å². The quantitative estimate of drug-likeness (QED) is 0.723. The molecule has 0 saturated carbocycles. The number of hydrogen-bond donors (Lipinski definition) is 1. The highest BCUT2D eigenvalue weighted by Crippen LogP contribution is 2.34. The Morgan fingerprint density at radius 1 is 0.880 bits per heavy atom. The van der Waals surface area contributed by atoms with Crippen LogP contribution in [-0.2, 0) is 10.0 Å². The maximum Gasteiger partial charge on any atom is 0.229 e. The van der Waals surface area contributed by atoms with Gasteiger partial charge in [-0.2, -0.15) is 0 Å². The van der Waals surface area contributed by atoms with Gasteiger partial charge in [0.2, 0.25) is 10.0 Å². The van der Waals surface area contributed by atoms with Gasteiger partial charge in [-0.3, -0.25) is 4.72 Å². The first kappa shape index (κ1) is 17.0. The summed E-state index contributed by atoms with van der Waals surface area (Å²) in [6, 6.07) is 20.2. The minimum atomic E-state index is -3.45. The fourth-order valence-corrected chi connectivity index (χ4v) is 2.90. The van der Waals surface area contributed by atoms with Crippen molar-refractivity contribution in [2.24, 2.45) is 0 Å². The molecule has 3 aromatic rings. The summed E-state index contributed by atoms with van der Waals surface area (Å²) in [7, 11) is -3.45. The van der Waals surface area contributed by atoms with Crippen LogP contribution >= 0.6 is 0 Å². The van der Waals surface area contributed by atoms with Gasteiger partial charge in [-0.1, -0.05) is 36.4 Å². The van der Waals surface area contributed by atoms with Crippen molar-refractivity contribution < 1.29 is 17.5 Å². The van der Waals surface area contributed by atoms with Crippen LogP contribution in [0.1, 0.15) is 0 Å². The van der Waals surface area contributed by atoms with Crippen LogP contribution < -0.4 is 9.46 Å². The standard InChI is InChI=1S/C19H16FNO3S/c1-25(22,23)21-18-12-9-15(14-7-10-16(20)11-8-14)13-19(18)24-17-5-3-2-4-6-17/h2-13,21H,1H3. The summed E-state index contributed by atoms with van der Waals surface area (Å²) in [5, 5.41) is 0. The summed E-state index contributed by atoms with van der Waals surface area (Å²) in [5.74, 6) is 0.619. The number of para-hydroxylation sites is 1. The van der Waals surface area contributed by atoms with Gasteiger partial charge in [0.05, 0.1) is 11.9 Å². The Morgan fingerprint density at radius 2 is 1.52 bits per heavy atom. The van der Waals surface area contributed by atoms with Crippen LogP contribution in [-0.4, -0.2) is 14.7 Å². The summed E-state index contributed by atoms with van der Waals surface area (Å²) in [6.45, 7) is 0. The largest absolute Gasteiger partial charge is 0.455 e. The van der Waals surface area contributed by atoms with Crippen molar-refractivity contribution in [1.82, 2.24) is 0 Å². The number of ether oxygens (including phenoxy) is 1. The number of rotatable bonds is 5. The van der Waals surface area contributed by atoms with Gasteiger partial charge in [0.15, 0.2) is 5.75 Å². The average Bonchev–Trinajstić information content (AvgIpc) is 2.57. The highest BCUT2D eigenvalue weighted by atomic mass is 32.2. The van der Waals surface area contributed by atoms with Crippen LogP contribution in [0.5, 0.6) is 11.5 Å². The molecule has 6 heteroatoms. The molecule has 4 nitrogen and oxygen atoms in total. The van der Waals surface area contributed by atoms with Crippen molar-refractivity contribution in [2.45, 2.75) is 0 Å². The third kappa shape index (κ3) is 4.58. The van der Waals surface area contributed by atoms with E-state index in [0.717, 1.165) is 17.4 Å². The van der Waals surface area contributed by atoms with E-state index in [0.29, 0.717) is 17.2 Å². The molecule has 0 fully saturated rings. The molecular weight excluding hydrogens is 341 g/mol. The molecule has 0 unspecified atom stereocenters. The van der Waals surface area contributed by atoms with E-state index in [2.05, 4.69) is 4.72 Å². The molecule has 3 aromatic carbocycles. The lowest BCUT2D eigenvalue weighted by Gasteiger charge is -2.14. The van der Waals surface area contributed by atoms with Crippen molar-refractivity contribution in [3.8, 4) is 22.6 Å². The van der Waals surface area contributed by atoms with Crippen LogP contribution in [0.3, 0.4) is 0 Å².